The van der Waals surface area contributed by atoms with Gasteiger partial charge in [-0.2, -0.15) is 5.10 Å². The summed E-state index contributed by atoms with van der Waals surface area (Å²) in [5.74, 6) is 0.310. The van der Waals surface area contributed by atoms with Crippen molar-refractivity contribution in [1.82, 2.24) is 4.68 Å². The van der Waals surface area contributed by atoms with Gasteiger partial charge < -0.3 is 14.6 Å². The second-order valence-electron chi connectivity index (χ2n) is 5.46. The van der Waals surface area contributed by atoms with Gasteiger partial charge >= 0.3 is 0 Å². The highest BCUT2D eigenvalue weighted by Crippen LogP contribution is 2.24. The van der Waals surface area contributed by atoms with Crippen LogP contribution in [-0.4, -0.2) is 27.6 Å². The number of phenolic OH excluding ortho intramolecular Hbond substituents is 2. The van der Waals surface area contributed by atoms with Crippen LogP contribution in [0.3, 0.4) is 0 Å². The van der Waals surface area contributed by atoms with Crippen LogP contribution < -0.4 is 4.80 Å². The first-order valence-corrected chi connectivity index (χ1v) is 8.38. The first-order valence-electron chi connectivity index (χ1n) is 7.50. The highest BCUT2D eigenvalue weighted by Gasteiger charge is 2.09. The summed E-state index contributed by atoms with van der Waals surface area (Å²) in [5.41, 5.74) is 2.37. The first kappa shape index (κ1) is 16.8. The zero-order valence-electron chi connectivity index (χ0n) is 13.6. The fourth-order valence-corrected chi connectivity index (χ4v) is 2.88. The molecule has 0 saturated heterocycles. The molecule has 0 aliphatic carbocycles. The normalized spacial score (nSPS) is 12.1. The second-order valence-corrected chi connectivity index (χ2v) is 6.30. The molecule has 0 aliphatic rings. The average Bonchev–Trinajstić information content (AvgIpc) is 3.23. The van der Waals surface area contributed by atoms with E-state index < -0.39 is 0 Å². The molecule has 0 fully saturated rings. The smallest absolute Gasteiger partial charge is 0.206 e. The second kappa shape index (κ2) is 7.23. The third kappa shape index (κ3) is 3.89. The van der Waals surface area contributed by atoms with Gasteiger partial charge in [0.05, 0.1) is 19.0 Å². The number of hydrogen-bond donors (Lipinski definition) is 2. The van der Waals surface area contributed by atoms with Crippen molar-refractivity contribution in [1.29, 1.82) is 0 Å². The summed E-state index contributed by atoms with van der Waals surface area (Å²) in [4.78, 5) is 5.22. The summed E-state index contributed by atoms with van der Waals surface area (Å²) in [6, 6.07) is 8.16. The van der Waals surface area contributed by atoms with Crippen LogP contribution in [0.4, 0.5) is 0 Å². The predicted molar refractivity (Wildman–Crippen MR) is 98.0 cm³/mol. The summed E-state index contributed by atoms with van der Waals surface area (Å²) >= 11 is 1.45. The lowest BCUT2D eigenvalue weighted by atomic mass is 10.2. The van der Waals surface area contributed by atoms with E-state index in [4.69, 9.17) is 4.42 Å². The van der Waals surface area contributed by atoms with Gasteiger partial charge in [0.15, 0.2) is 17.3 Å². The monoisotopic (exact) mass is 355 g/mol. The minimum absolute atomic E-state index is 0.172. The van der Waals surface area contributed by atoms with Crippen LogP contribution in [0.2, 0.25) is 0 Å². The Labute approximate surface area is 148 Å². The average molecular weight is 355 g/mol. The molecule has 0 amide bonds. The summed E-state index contributed by atoms with van der Waals surface area (Å²) in [6.07, 6.45) is 3.18. The zero-order chi connectivity index (χ0) is 17.8. The summed E-state index contributed by atoms with van der Waals surface area (Å²) in [7, 11) is 0. The zero-order valence-corrected chi connectivity index (χ0v) is 14.4. The molecule has 2 aromatic heterocycles. The fourth-order valence-electron chi connectivity index (χ4n) is 2.06. The number of benzene rings is 1. The largest absolute Gasteiger partial charge is 0.504 e. The van der Waals surface area contributed by atoms with Gasteiger partial charge in [-0.05, 0) is 42.8 Å². The molecule has 2 heterocycles. The summed E-state index contributed by atoms with van der Waals surface area (Å²) in [5, 5.41) is 25.4. The molecule has 0 unspecified atom stereocenters. The molecule has 128 valence electrons. The molecule has 25 heavy (non-hydrogen) atoms. The van der Waals surface area contributed by atoms with Gasteiger partial charge in [0, 0.05) is 5.38 Å². The molecular weight excluding hydrogens is 338 g/mol. The maximum atomic E-state index is 9.60. The minimum atomic E-state index is -0.197. The van der Waals surface area contributed by atoms with Gasteiger partial charge in [-0.3, -0.25) is 4.99 Å². The topological polar surface area (TPSA) is 83.2 Å². The Kier molecular flexibility index (Phi) is 4.85. The summed E-state index contributed by atoms with van der Waals surface area (Å²) < 4.78 is 7.14. The minimum Gasteiger partial charge on any atom is -0.504 e. The van der Waals surface area contributed by atoms with Crippen molar-refractivity contribution in [3.63, 3.8) is 0 Å². The lowest BCUT2D eigenvalue weighted by Gasteiger charge is -2.01. The lowest BCUT2D eigenvalue weighted by molar-refractivity contribution is 0.403. The van der Waals surface area contributed by atoms with Gasteiger partial charge in [-0.1, -0.05) is 12.2 Å². The van der Waals surface area contributed by atoms with Gasteiger partial charge in [0.1, 0.15) is 5.69 Å². The number of phenols is 2. The van der Waals surface area contributed by atoms with Gasteiger partial charge in [0.25, 0.3) is 0 Å². The number of aromatic nitrogens is 1. The van der Waals surface area contributed by atoms with Gasteiger partial charge in [-0.25, -0.2) is 4.68 Å². The van der Waals surface area contributed by atoms with Crippen LogP contribution in [0.25, 0.3) is 11.5 Å². The number of aromatic hydroxyl groups is 2. The van der Waals surface area contributed by atoms with E-state index in [0.29, 0.717) is 22.7 Å². The molecule has 2 N–H and O–H groups in total. The molecule has 0 aliphatic heterocycles. The summed E-state index contributed by atoms with van der Waals surface area (Å²) in [6.45, 7) is 6.28. The molecule has 0 saturated carbocycles. The third-order valence-electron chi connectivity index (χ3n) is 3.26. The number of nitrogens with zero attached hydrogens (tertiary/aromatic N) is 3. The van der Waals surface area contributed by atoms with E-state index in [1.54, 1.807) is 23.2 Å². The number of hydrogen-bond acceptors (Lipinski definition) is 6. The molecule has 0 spiro atoms. The SMILES string of the molecule is C=C(C)CN=c1scc(-c2ccco2)n1N=Cc1ccc(O)c(O)c1. The molecule has 0 atom stereocenters. The number of rotatable bonds is 5. The van der Waals surface area contributed by atoms with Gasteiger partial charge in [-0.15, -0.1) is 11.3 Å². The van der Waals surface area contributed by atoms with E-state index >= 15 is 0 Å². The molecule has 7 heteroatoms. The Morgan fingerprint density at radius 3 is 2.84 bits per heavy atom. The van der Waals surface area contributed by atoms with E-state index in [-0.39, 0.29) is 11.5 Å². The number of furan rings is 1. The van der Waals surface area contributed by atoms with Crippen LogP contribution in [-0.2, 0) is 0 Å². The molecule has 3 aromatic rings. The van der Waals surface area contributed by atoms with Crippen molar-refractivity contribution in [2.75, 3.05) is 6.54 Å². The van der Waals surface area contributed by atoms with Crippen LogP contribution in [0.1, 0.15) is 12.5 Å². The number of thiazole rings is 1. The van der Waals surface area contributed by atoms with Crippen molar-refractivity contribution in [3.05, 3.63) is 64.5 Å². The standard InChI is InChI=1S/C18H17N3O3S/c1-12(2)9-19-18-21(14(11-25-18)17-4-3-7-24-17)20-10-13-5-6-15(22)16(23)8-13/h3-8,10-11,22-23H,1,9H2,2H3. The van der Waals surface area contributed by atoms with Gasteiger partial charge in [0.2, 0.25) is 4.80 Å². The third-order valence-corrected chi connectivity index (χ3v) is 4.12. The molecular formula is C18H17N3O3S. The van der Waals surface area contributed by atoms with Crippen LogP contribution in [0.5, 0.6) is 11.5 Å². The van der Waals surface area contributed by atoms with E-state index in [1.165, 1.54) is 23.5 Å². The molecule has 3 rings (SSSR count). The lowest BCUT2D eigenvalue weighted by Crippen LogP contribution is -2.12. The Bertz CT molecular complexity index is 981. The molecule has 1 aromatic carbocycles. The molecule has 0 radical (unpaired) electrons. The highest BCUT2D eigenvalue weighted by molar-refractivity contribution is 7.07. The van der Waals surface area contributed by atoms with Crippen LogP contribution in [0, 0.1) is 0 Å². The quantitative estimate of drug-likeness (QED) is 0.417. The van der Waals surface area contributed by atoms with Crippen molar-refractivity contribution in [2.45, 2.75) is 6.92 Å². The fraction of sp³-hybridized carbons (Fsp3) is 0.111. The maximum Gasteiger partial charge on any atom is 0.206 e. The molecule has 0 bridgehead atoms. The molecule has 6 nitrogen and oxygen atoms in total. The van der Waals surface area contributed by atoms with Crippen LogP contribution in [0.15, 0.2) is 68.6 Å². The van der Waals surface area contributed by atoms with Crippen molar-refractivity contribution >= 4 is 17.6 Å². The Morgan fingerprint density at radius 1 is 1.32 bits per heavy atom. The van der Waals surface area contributed by atoms with Crippen molar-refractivity contribution < 1.29 is 14.6 Å². The Balaban J connectivity index is 2.04. The highest BCUT2D eigenvalue weighted by atomic mass is 32.1. The van der Waals surface area contributed by atoms with E-state index in [1.807, 2.05) is 24.4 Å². The maximum absolute atomic E-state index is 9.60. The Hall–Kier alpha value is -3.06. The van der Waals surface area contributed by atoms with E-state index in [0.717, 1.165) is 11.3 Å². The predicted octanol–water partition coefficient (Wildman–Crippen LogP) is 3.58. The first-order chi connectivity index (χ1) is 12.0. The van der Waals surface area contributed by atoms with E-state index in [2.05, 4.69) is 16.7 Å². The van der Waals surface area contributed by atoms with Crippen molar-refractivity contribution in [2.24, 2.45) is 10.1 Å². The van der Waals surface area contributed by atoms with Crippen LogP contribution >= 0.6 is 11.3 Å². The van der Waals surface area contributed by atoms with Crippen molar-refractivity contribution in [3.8, 4) is 23.0 Å². The Morgan fingerprint density at radius 2 is 2.16 bits per heavy atom. The van der Waals surface area contributed by atoms with E-state index in [9.17, 15) is 10.2 Å².